The van der Waals surface area contributed by atoms with Gasteiger partial charge < -0.3 is 4.74 Å². The summed E-state index contributed by atoms with van der Waals surface area (Å²) >= 11 is 0. The molecule has 1 aromatic carbocycles. The Hall–Kier alpha value is -1.19. The van der Waals surface area contributed by atoms with Gasteiger partial charge in [0.2, 0.25) is 0 Å². The maximum atomic E-state index is 12.2. The second kappa shape index (κ2) is 11.1. The average molecular weight is 399 g/mol. The van der Waals surface area contributed by atoms with Crippen LogP contribution >= 0.6 is 0 Å². The van der Waals surface area contributed by atoms with Crippen molar-refractivity contribution >= 4 is 0 Å². The van der Waals surface area contributed by atoms with Crippen LogP contribution in [0.15, 0.2) is 24.3 Å². The minimum absolute atomic E-state index is 0.136. The number of hydrogen-bond acceptors (Lipinski definition) is 1. The van der Waals surface area contributed by atoms with Crippen molar-refractivity contribution < 1.29 is 17.9 Å². The molecule has 2 aliphatic carbocycles. The van der Waals surface area contributed by atoms with Gasteiger partial charge in [-0.25, -0.2) is 0 Å². The summed E-state index contributed by atoms with van der Waals surface area (Å²) in [6, 6.07) is 6.36. The SMILES string of the molecule is CC.CC1CCC(C2CCC(CCc3ccc(OC(F)(F)F)cc3)CC2)CC1. The van der Waals surface area contributed by atoms with E-state index in [1.165, 1.54) is 63.5 Å². The monoisotopic (exact) mass is 398 g/mol. The van der Waals surface area contributed by atoms with Gasteiger partial charge in [0, 0.05) is 0 Å². The molecule has 2 saturated carbocycles. The van der Waals surface area contributed by atoms with Gasteiger partial charge in [-0.2, -0.15) is 0 Å². The highest BCUT2D eigenvalue weighted by Crippen LogP contribution is 2.42. The Morgan fingerprint density at radius 1 is 0.821 bits per heavy atom. The Bertz CT molecular complexity index is 536. The molecule has 1 nitrogen and oxygen atoms in total. The molecule has 0 bridgehead atoms. The summed E-state index contributed by atoms with van der Waals surface area (Å²) in [4.78, 5) is 0. The molecule has 0 N–H and O–H groups in total. The first-order valence-corrected chi connectivity index (χ1v) is 11.2. The molecular weight excluding hydrogens is 361 g/mol. The van der Waals surface area contributed by atoms with Gasteiger partial charge in [-0.1, -0.05) is 58.6 Å². The molecular formula is C24H37F3O. The highest BCUT2D eigenvalue weighted by Gasteiger charge is 2.31. The van der Waals surface area contributed by atoms with Crippen molar-refractivity contribution in [2.24, 2.45) is 23.7 Å². The van der Waals surface area contributed by atoms with Crippen molar-refractivity contribution in [1.29, 1.82) is 0 Å². The van der Waals surface area contributed by atoms with Gasteiger partial charge >= 0.3 is 6.36 Å². The molecule has 3 rings (SSSR count). The molecule has 0 atom stereocenters. The van der Waals surface area contributed by atoms with Crippen molar-refractivity contribution in [3.05, 3.63) is 29.8 Å². The summed E-state index contributed by atoms with van der Waals surface area (Å²) in [7, 11) is 0. The van der Waals surface area contributed by atoms with E-state index in [9.17, 15) is 13.2 Å². The molecule has 160 valence electrons. The Balaban J connectivity index is 0.00000136. The minimum atomic E-state index is -4.61. The summed E-state index contributed by atoms with van der Waals surface area (Å²) < 4.78 is 40.5. The molecule has 0 aromatic heterocycles. The average Bonchev–Trinajstić information content (AvgIpc) is 2.69. The largest absolute Gasteiger partial charge is 0.573 e. The van der Waals surface area contributed by atoms with Crippen LogP contribution in [0.2, 0.25) is 0 Å². The van der Waals surface area contributed by atoms with Crippen molar-refractivity contribution in [2.75, 3.05) is 0 Å². The molecule has 0 amide bonds. The number of alkyl halides is 3. The fourth-order valence-corrected chi connectivity index (χ4v) is 4.93. The molecule has 0 unspecified atom stereocenters. The van der Waals surface area contributed by atoms with Gasteiger partial charge in [-0.3, -0.25) is 0 Å². The maximum Gasteiger partial charge on any atom is 0.573 e. The molecule has 0 aliphatic heterocycles. The van der Waals surface area contributed by atoms with E-state index in [4.69, 9.17) is 0 Å². The van der Waals surface area contributed by atoms with Crippen LogP contribution in [0.25, 0.3) is 0 Å². The first-order chi connectivity index (χ1) is 13.4. The number of hydrogen-bond donors (Lipinski definition) is 0. The normalized spacial score (nSPS) is 28.2. The van der Waals surface area contributed by atoms with E-state index in [0.29, 0.717) is 0 Å². The number of halogens is 3. The number of benzene rings is 1. The van der Waals surface area contributed by atoms with E-state index in [2.05, 4.69) is 11.7 Å². The Morgan fingerprint density at radius 3 is 1.82 bits per heavy atom. The molecule has 0 heterocycles. The maximum absolute atomic E-state index is 12.2. The Labute approximate surface area is 169 Å². The number of ether oxygens (including phenoxy) is 1. The van der Waals surface area contributed by atoms with Crippen LogP contribution in [0.5, 0.6) is 5.75 Å². The fourth-order valence-electron chi connectivity index (χ4n) is 4.93. The lowest BCUT2D eigenvalue weighted by molar-refractivity contribution is -0.274. The standard InChI is InChI=1S/C22H31F3O.C2H6/c1-16-2-10-19(11-3-16)20-12-6-17(7-13-20)4-5-18-8-14-21(15-9-18)26-22(23,24)25;1-2/h8-9,14-17,19-20H,2-7,10-13H2,1H3;1-2H3. The van der Waals surface area contributed by atoms with Crippen LogP contribution in [-0.2, 0) is 6.42 Å². The van der Waals surface area contributed by atoms with E-state index in [1.54, 1.807) is 12.1 Å². The predicted octanol–water partition coefficient (Wildman–Crippen LogP) is 8.18. The summed E-state index contributed by atoms with van der Waals surface area (Å²) in [6.45, 7) is 6.38. The molecule has 2 fully saturated rings. The molecule has 28 heavy (non-hydrogen) atoms. The van der Waals surface area contributed by atoms with Crippen LogP contribution in [0, 0.1) is 23.7 Å². The van der Waals surface area contributed by atoms with Gasteiger partial charge in [0.15, 0.2) is 0 Å². The second-order valence-electron chi connectivity index (χ2n) is 8.53. The van der Waals surface area contributed by atoms with E-state index in [1.807, 2.05) is 13.8 Å². The second-order valence-corrected chi connectivity index (χ2v) is 8.53. The smallest absolute Gasteiger partial charge is 0.406 e. The van der Waals surface area contributed by atoms with Gasteiger partial charge in [0.25, 0.3) is 0 Å². The highest BCUT2D eigenvalue weighted by molar-refractivity contribution is 5.27. The lowest BCUT2D eigenvalue weighted by atomic mass is 9.69. The molecule has 2 aliphatic rings. The fraction of sp³-hybridized carbons (Fsp3) is 0.750. The molecule has 1 aromatic rings. The van der Waals surface area contributed by atoms with E-state index in [0.717, 1.165) is 42.1 Å². The van der Waals surface area contributed by atoms with E-state index < -0.39 is 6.36 Å². The molecule has 0 radical (unpaired) electrons. The van der Waals surface area contributed by atoms with Gasteiger partial charge in [0.1, 0.15) is 5.75 Å². The molecule has 0 saturated heterocycles. The Morgan fingerprint density at radius 2 is 1.32 bits per heavy atom. The van der Waals surface area contributed by atoms with Gasteiger partial charge in [-0.15, -0.1) is 13.2 Å². The Kier molecular flexibility index (Phi) is 9.17. The van der Waals surface area contributed by atoms with Crippen molar-refractivity contribution in [2.45, 2.75) is 91.3 Å². The first kappa shape index (κ1) is 23.1. The third-order valence-electron chi connectivity index (χ3n) is 6.62. The van der Waals surface area contributed by atoms with Crippen LogP contribution in [0.3, 0.4) is 0 Å². The van der Waals surface area contributed by atoms with Crippen LogP contribution < -0.4 is 4.74 Å². The highest BCUT2D eigenvalue weighted by atomic mass is 19.4. The number of rotatable bonds is 5. The predicted molar refractivity (Wildman–Crippen MR) is 109 cm³/mol. The lowest BCUT2D eigenvalue weighted by Gasteiger charge is -2.37. The quantitative estimate of drug-likeness (QED) is 0.486. The summed E-state index contributed by atoms with van der Waals surface area (Å²) in [5, 5.41) is 0. The van der Waals surface area contributed by atoms with Crippen molar-refractivity contribution in [1.82, 2.24) is 0 Å². The third kappa shape index (κ3) is 7.67. The minimum Gasteiger partial charge on any atom is -0.406 e. The molecule has 4 heteroatoms. The molecule has 0 spiro atoms. The first-order valence-electron chi connectivity index (χ1n) is 11.2. The number of aryl methyl sites for hydroxylation is 1. The van der Waals surface area contributed by atoms with E-state index >= 15 is 0 Å². The topological polar surface area (TPSA) is 9.23 Å². The third-order valence-corrected chi connectivity index (χ3v) is 6.62. The summed E-state index contributed by atoms with van der Waals surface area (Å²) in [5.41, 5.74) is 1.10. The summed E-state index contributed by atoms with van der Waals surface area (Å²) in [6.07, 6.45) is 8.58. The van der Waals surface area contributed by atoms with Crippen LogP contribution in [0.4, 0.5) is 13.2 Å². The zero-order valence-electron chi connectivity index (χ0n) is 17.7. The van der Waals surface area contributed by atoms with Gasteiger partial charge in [0.05, 0.1) is 0 Å². The van der Waals surface area contributed by atoms with Gasteiger partial charge in [-0.05, 0) is 79.9 Å². The summed E-state index contributed by atoms with van der Waals surface area (Å²) in [5.74, 6) is 3.48. The lowest BCUT2D eigenvalue weighted by Crippen LogP contribution is -2.25. The van der Waals surface area contributed by atoms with E-state index in [-0.39, 0.29) is 5.75 Å². The zero-order chi connectivity index (χ0) is 20.6. The zero-order valence-corrected chi connectivity index (χ0v) is 17.7. The van der Waals surface area contributed by atoms with Crippen LogP contribution in [-0.4, -0.2) is 6.36 Å². The van der Waals surface area contributed by atoms with Crippen molar-refractivity contribution in [3.63, 3.8) is 0 Å². The van der Waals surface area contributed by atoms with Crippen LogP contribution in [0.1, 0.15) is 84.1 Å². The van der Waals surface area contributed by atoms with Crippen molar-refractivity contribution in [3.8, 4) is 5.75 Å².